The summed E-state index contributed by atoms with van der Waals surface area (Å²) in [5.41, 5.74) is 3.38. The topological polar surface area (TPSA) is 86.4 Å². The van der Waals surface area contributed by atoms with Crippen LogP contribution in [0.3, 0.4) is 0 Å². The van der Waals surface area contributed by atoms with Crippen LogP contribution in [0.5, 0.6) is 0 Å². The minimum Gasteiger partial charge on any atom is -0.333 e. The fraction of sp³-hybridized carbons (Fsp3) is 0.308. The van der Waals surface area contributed by atoms with Gasteiger partial charge in [0.05, 0.1) is 17.3 Å². The third kappa shape index (κ3) is 4.62. The molecule has 8 heteroatoms. The van der Waals surface area contributed by atoms with Crippen molar-refractivity contribution in [3.8, 4) is 0 Å². The van der Waals surface area contributed by atoms with Gasteiger partial charge in [-0.1, -0.05) is 36.4 Å². The smallest absolute Gasteiger partial charge is 0.267 e. The Morgan fingerprint density at radius 3 is 2.53 bits per heavy atom. The Balaban J connectivity index is 1.50. The molecule has 0 aliphatic carbocycles. The third-order valence-corrected chi connectivity index (χ3v) is 6.56. The molecule has 2 amide bonds. The Bertz CT molecular complexity index is 1290. The molecular formula is C26H27FN4O3. The van der Waals surface area contributed by atoms with Gasteiger partial charge in [0.15, 0.2) is 0 Å². The maximum atomic E-state index is 14.6. The molecule has 0 unspecified atom stereocenters. The van der Waals surface area contributed by atoms with Gasteiger partial charge in [-0.2, -0.15) is 5.10 Å². The van der Waals surface area contributed by atoms with Crippen molar-refractivity contribution in [3.05, 3.63) is 98.2 Å². The quantitative estimate of drug-likeness (QED) is 0.631. The highest BCUT2D eigenvalue weighted by Gasteiger charge is 2.31. The number of halogens is 1. The first-order chi connectivity index (χ1) is 16.3. The maximum Gasteiger partial charge on any atom is 0.267 e. The number of carbonyl (C=O) groups is 2. The summed E-state index contributed by atoms with van der Waals surface area (Å²) in [4.78, 5) is 40.9. The molecule has 1 fully saturated rings. The predicted octanol–water partition coefficient (Wildman–Crippen LogP) is 3.16. The van der Waals surface area contributed by atoms with Crippen LogP contribution in [0.4, 0.5) is 4.39 Å². The molecule has 1 saturated heterocycles. The highest BCUT2D eigenvalue weighted by atomic mass is 19.1. The van der Waals surface area contributed by atoms with Crippen LogP contribution in [0.1, 0.15) is 51.3 Å². The van der Waals surface area contributed by atoms with E-state index in [4.69, 9.17) is 0 Å². The van der Waals surface area contributed by atoms with Crippen LogP contribution in [0.15, 0.2) is 53.3 Å². The van der Waals surface area contributed by atoms with Crippen molar-refractivity contribution < 1.29 is 14.0 Å². The summed E-state index contributed by atoms with van der Waals surface area (Å²) in [6.45, 7) is 6.09. The lowest BCUT2D eigenvalue weighted by Crippen LogP contribution is -2.52. The summed E-state index contributed by atoms with van der Waals surface area (Å²) in [5, 5.41) is 6.57. The van der Waals surface area contributed by atoms with Gasteiger partial charge in [-0.15, -0.1) is 0 Å². The molecule has 4 rings (SSSR count). The lowest BCUT2D eigenvalue weighted by Gasteiger charge is -2.38. The number of piperazine rings is 1. The maximum absolute atomic E-state index is 14.6. The minimum absolute atomic E-state index is 0.0753. The molecule has 1 aromatic heterocycles. The fourth-order valence-corrected chi connectivity index (χ4v) is 4.24. The van der Waals surface area contributed by atoms with E-state index in [1.807, 2.05) is 44.2 Å². The van der Waals surface area contributed by atoms with E-state index < -0.39 is 11.7 Å². The first-order valence-corrected chi connectivity index (χ1v) is 11.2. The van der Waals surface area contributed by atoms with Gasteiger partial charge in [0.25, 0.3) is 11.5 Å². The molecule has 1 aliphatic heterocycles. The average molecular weight is 463 g/mol. The first-order valence-electron chi connectivity index (χ1n) is 11.2. The summed E-state index contributed by atoms with van der Waals surface area (Å²) >= 11 is 0. The zero-order valence-corrected chi connectivity index (χ0v) is 19.5. The Kier molecular flexibility index (Phi) is 6.58. The monoisotopic (exact) mass is 462 g/mol. The molecule has 176 valence electrons. The number of aromatic nitrogens is 2. The molecule has 3 aromatic rings. The zero-order valence-electron chi connectivity index (χ0n) is 19.5. The minimum atomic E-state index is -0.636. The number of H-pyrrole nitrogens is 1. The van der Waals surface area contributed by atoms with E-state index in [0.717, 1.165) is 11.1 Å². The summed E-state index contributed by atoms with van der Waals surface area (Å²) in [6, 6.07) is 14.0. The standard InChI is InChI=1S/C26H27FN4O3/c1-16-17(2)25(33)29-28-23(16)14-19-9-10-22(27)21(13-19)26(34)30-11-12-31(24(32)15-30)18(3)20-7-5-4-6-8-20/h4-10,13,18H,11-12,14-15H2,1-3H3,(H,29,33)/t18-/m0/s1. The van der Waals surface area contributed by atoms with Crippen molar-refractivity contribution in [2.24, 2.45) is 0 Å². The zero-order chi connectivity index (χ0) is 24.4. The van der Waals surface area contributed by atoms with Gasteiger partial charge < -0.3 is 9.80 Å². The van der Waals surface area contributed by atoms with E-state index >= 15 is 0 Å². The summed E-state index contributed by atoms with van der Waals surface area (Å²) in [5.74, 6) is -1.32. The number of benzene rings is 2. The predicted molar refractivity (Wildman–Crippen MR) is 126 cm³/mol. The van der Waals surface area contributed by atoms with Crippen LogP contribution in [0.25, 0.3) is 0 Å². The van der Waals surface area contributed by atoms with Crippen LogP contribution in [0, 0.1) is 19.7 Å². The molecule has 1 N–H and O–H groups in total. The van der Waals surface area contributed by atoms with Gasteiger partial charge in [-0.25, -0.2) is 9.49 Å². The molecule has 0 bridgehead atoms. The van der Waals surface area contributed by atoms with Crippen molar-refractivity contribution in [3.63, 3.8) is 0 Å². The number of amides is 2. The first kappa shape index (κ1) is 23.4. The normalized spacial score (nSPS) is 14.9. The van der Waals surface area contributed by atoms with E-state index in [2.05, 4.69) is 10.2 Å². The van der Waals surface area contributed by atoms with Crippen LogP contribution in [-0.2, 0) is 11.2 Å². The molecule has 0 saturated carbocycles. The fourth-order valence-electron chi connectivity index (χ4n) is 4.24. The molecule has 0 radical (unpaired) electrons. The number of hydrogen-bond donors (Lipinski definition) is 1. The third-order valence-electron chi connectivity index (χ3n) is 6.56. The van der Waals surface area contributed by atoms with E-state index in [0.29, 0.717) is 36.3 Å². The van der Waals surface area contributed by atoms with Crippen molar-refractivity contribution in [2.75, 3.05) is 19.6 Å². The Labute approximate surface area is 197 Å². The second-order valence-electron chi connectivity index (χ2n) is 8.64. The largest absolute Gasteiger partial charge is 0.333 e. The highest BCUT2D eigenvalue weighted by Crippen LogP contribution is 2.24. The van der Waals surface area contributed by atoms with Crippen molar-refractivity contribution in [1.29, 1.82) is 0 Å². The number of carbonyl (C=O) groups excluding carboxylic acids is 2. The lowest BCUT2D eigenvalue weighted by atomic mass is 10.0. The van der Waals surface area contributed by atoms with Crippen molar-refractivity contribution in [1.82, 2.24) is 20.0 Å². The molecule has 1 atom stereocenters. The molecular weight excluding hydrogens is 435 g/mol. The van der Waals surface area contributed by atoms with Gasteiger partial charge in [0, 0.05) is 25.1 Å². The number of nitrogens with one attached hydrogen (secondary N) is 1. The molecule has 2 heterocycles. The Morgan fingerprint density at radius 2 is 1.82 bits per heavy atom. The number of hydrogen-bond acceptors (Lipinski definition) is 4. The van der Waals surface area contributed by atoms with Gasteiger partial charge >= 0.3 is 0 Å². The summed E-state index contributed by atoms with van der Waals surface area (Å²) in [6.07, 6.45) is 0.339. The van der Waals surface area contributed by atoms with Gasteiger partial charge in [-0.3, -0.25) is 14.4 Å². The lowest BCUT2D eigenvalue weighted by molar-refractivity contribution is -0.137. The molecule has 34 heavy (non-hydrogen) atoms. The number of aromatic amines is 1. The SMILES string of the molecule is Cc1c(Cc2ccc(F)c(C(=O)N3CCN([C@@H](C)c4ccccc4)C(=O)C3)c2)n[nH]c(=O)c1C. The second kappa shape index (κ2) is 9.59. The van der Waals surface area contributed by atoms with Gasteiger partial charge in [-0.05, 0) is 49.6 Å². The molecule has 2 aromatic carbocycles. The summed E-state index contributed by atoms with van der Waals surface area (Å²) in [7, 11) is 0. The van der Waals surface area contributed by atoms with Crippen LogP contribution in [0.2, 0.25) is 0 Å². The highest BCUT2D eigenvalue weighted by molar-refractivity contribution is 5.97. The molecule has 7 nitrogen and oxygen atoms in total. The van der Waals surface area contributed by atoms with Gasteiger partial charge in [0.2, 0.25) is 5.91 Å². The van der Waals surface area contributed by atoms with Crippen LogP contribution >= 0.6 is 0 Å². The summed E-state index contributed by atoms with van der Waals surface area (Å²) < 4.78 is 14.6. The van der Waals surface area contributed by atoms with Gasteiger partial charge in [0.1, 0.15) is 12.4 Å². The van der Waals surface area contributed by atoms with E-state index in [1.165, 1.54) is 17.0 Å². The van der Waals surface area contributed by atoms with E-state index in [-0.39, 0.29) is 29.6 Å². The Morgan fingerprint density at radius 1 is 1.09 bits per heavy atom. The van der Waals surface area contributed by atoms with Crippen molar-refractivity contribution >= 4 is 11.8 Å². The van der Waals surface area contributed by atoms with Crippen LogP contribution in [-0.4, -0.2) is 51.4 Å². The average Bonchev–Trinajstić information content (AvgIpc) is 2.85. The van der Waals surface area contributed by atoms with Crippen molar-refractivity contribution in [2.45, 2.75) is 33.2 Å². The number of nitrogens with zero attached hydrogens (tertiary/aromatic N) is 3. The number of rotatable bonds is 5. The molecule has 0 spiro atoms. The Hall–Kier alpha value is -3.81. The van der Waals surface area contributed by atoms with E-state index in [1.54, 1.807) is 17.9 Å². The second-order valence-corrected chi connectivity index (χ2v) is 8.64. The molecule has 1 aliphatic rings. The van der Waals surface area contributed by atoms with E-state index in [9.17, 15) is 18.8 Å². The van der Waals surface area contributed by atoms with Crippen LogP contribution < -0.4 is 5.56 Å².